The first-order valence-corrected chi connectivity index (χ1v) is 7.99. The van der Waals surface area contributed by atoms with Gasteiger partial charge in [0.25, 0.3) is 0 Å². The maximum Gasteiger partial charge on any atom is 0.228 e. The molecule has 19 heavy (non-hydrogen) atoms. The zero-order chi connectivity index (χ0) is 13.2. The third-order valence-corrected chi connectivity index (χ3v) is 4.82. The molecule has 5 heteroatoms. The number of nitrogens with zero attached hydrogens (tertiary/aromatic N) is 3. The van der Waals surface area contributed by atoms with Crippen LogP contribution in [0, 0.1) is 0 Å². The molecule has 104 valence electrons. The van der Waals surface area contributed by atoms with E-state index in [0.29, 0.717) is 22.2 Å². The maximum atomic E-state index is 6.37. The van der Waals surface area contributed by atoms with Gasteiger partial charge in [-0.1, -0.05) is 36.0 Å². The molecule has 3 rings (SSSR count). The molecule has 1 aromatic heterocycles. The van der Waals surface area contributed by atoms with Crippen LogP contribution in [0.2, 0.25) is 10.3 Å². The maximum absolute atomic E-state index is 6.37. The molecule has 1 aliphatic carbocycles. The lowest BCUT2D eigenvalue weighted by Crippen LogP contribution is -2.31. The van der Waals surface area contributed by atoms with Crippen molar-refractivity contribution in [3.05, 3.63) is 15.9 Å². The topological polar surface area (TPSA) is 29.0 Å². The second-order valence-electron chi connectivity index (χ2n) is 5.55. The minimum Gasteiger partial charge on any atom is -0.341 e. The van der Waals surface area contributed by atoms with Gasteiger partial charge >= 0.3 is 0 Å². The number of aromatic nitrogens is 2. The summed E-state index contributed by atoms with van der Waals surface area (Å²) in [6.07, 6.45) is 8.51. The minimum absolute atomic E-state index is 0.454. The summed E-state index contributed by atoms with van der Waals surface area (Å²) in [5, 5.41) is 1.12. The predicted octanol–water partition coefficient (Wildman–Crippen LogP) is 4.43. The lowest BCUT2D eigenvalue weighted by Gasteiger charge is -2.27. The molecule has 0 N–H and O–H groups in total. The summed E-state index contributed by atoms with van der Waals surface area (Å²) in [4.78, 5) is 11.2. The van der Waals surface area contributed by atoms with Crippen molar-refractivity contribution in [3.63, 3.8) is 0 Å². The van der Waals surface area contributed by atoms with E-state index in [1.807, 2.05) is 0 Å². The Bertz CT molecular complexity index is 429. The van der Waals surface area contributed by atoms with Crippen LogP contribution in [0.4, 0.5) is 5.95 Å². The highest BCUT2D eigenvalue weighted by Gasteiger charge is 2.25. The normalized spacial score (nSPS) is 21.1. The molecule has 1 aromatic rings. The van der Waals surface area contributed by atoms with E-state index in [0.717, 1.165) is 31.5 Å². The van der Waals surface area contributed by atoms with Crippen LogP contribution in [0.15, 0.2) is 0 Å². The number of anilines is 1. The van der Waals surface area contributed by atoms with E-state index < -0.39 is 0 Å². The Hall–Kier alpha value is -0.540. The van der Waals surface area contributed by atoms with Crippen LogP contribution in [0.5, 0.6) is 0 Å². The first-order valence-electron chi connectivity index (χ1n) is 7.23. The summed E-state index contributed by atoms with van der Waals surface area (Å²) in [5.41, 5.74) is 0.974. The van der Waals surface area contributed by atoms with E-state index >= 15 is 0 Å². The molecular formula is C14H19Cl2N3. The highest BCUT2D eigenvalue weighted by molar-refractivity contribution is 6.34. The molecule has 3 nitrogen and oxygen atoms in total. The van der Waals surface area contributed by atoms with Gasteiger partial charge in [-0.3, -0.25) is 0 Å². The number of hydrogen-bond acceptors (Lipinski definition) is 3. The van der Waals surface area contributed by atoms with Gasteiger partial charge in [-0.05, 0) is 38.0 Å². The Kier molecular flexibility index (Phi) is 4.13. The predicted molar refractivity (Wildman–Crippen MR) is 79.3 cm³/mol. The van der Waals surface area contributed by atoms with E-state index in [1.54, 1.807) is 0 Å². The van der Waals surface area contributed by atoms with Gasteiger partial charge in [0.2, 0.25) is 5.95 Å². The summed E-state index contributed by atoms with van der Waals surface area (Å²) in [6.45, 7) is 2.02. The number of piperidine rings is 1. The molecule has 0 atom stereocenters. The fraction of sp³-hybridized carbons (Fsp3) is 0.714. The van der Waals surface area contributed by atoms with E-state index in [-0.39, 0.29) is 0 Å². The summed E-state index contributed by atoms with van der Waals surface area (Å²) < 4.78 is 0. The highest BCUT2D eigenvalue weighted by Crippen LogP contribution is 2.40. The van der Waals surface area contributed by atoms with Gasteiger partial charge in [0.05, 0.1) is 0 Å². The molecule has 0 aromatic carbocycles. The first kappa shape index (κ1) is 13.4. The molecule has 1 saturated carbocycles. The lowest BCUT2D eigenvalue weighted by molar-refractivity contribution is 0.567. The van der Waals surface area contributed by atoms with Crippen LogP contribution in [0.3, 0.4) is 0 Å². The monoisotopic (exact) mass is 299 g/mol. The molecular weight excluding hydrogens is 281 g/mol. The number of halogens is 2. The van der Waals surface area contributed by atoms with E-state index in [4.69, 9.17) is 23.2 Å². The fourth-order valence-corrected chi connectivity index (χ4v) is 3.88. The van der Waals surface area contributed by atoms with Crippen LogP contribution >= 0.6 is 23.2 Å². The average Bonchev–Trinajstić information content (AvgIpc) is 2.93. The molecule has 2 heterocycles. The Morgan fingerprint density at radius 1 is 0.842 bits per heavy atom. The smallest absolute Gasteiger partial charge is 0.228 e. The van der Waals surface area contributed by atoms with Crippen molar-refractivity contribution in [2.24, 2.45) is 0 Å². The first-order chi connectivity index (χ1) is 9.25. The second-order valence-corrected chi connectivity index (χ2v) is 6.26. The largest absolute Gasteiger partial charge is 0.341 e. The standard InChI is InChI=1S/C14H19Cl2N3/c15-12-11(10-6-2-3-7-10)13(16)18-14(17-12)19-8-4-1-5-9-19/h10H,1-9H2. The van der Waals surface area contributed by atoms with Crippen molar-refractivity contribution in [3.8, 4) is 0 Å². The summed E-state index contributed by atoms with van der Waals surface area (Å²) in [6, 6.07) is 0. The zero-order valence-corrected chi connectivity index (χ0v) is 12.6. The van der Waals surface area contributed by atoms with Crippen LogP contribution in [-0.2, 0) is 0 Å². The second kappa shape index (κ2) is 5.84. The molecule has 0 radical (unpaired) electrons. The Balaban J connectivity index is 1.88. The summed E-state index contributed by atoms with van der Waals surface area (Å²) in [5.74, 6) is 1.16. The average molecular weight is 300 g/mol. The molecule has 0 spiro atoms. The van der Waals surface area contributed by atoms with Gasteiger partial charge < -0.3 is 4.90 Å². The van der Waals surface area contributed by atoms with Crippen molar-refractivity contribution >= 4 is 29.2 Å². The van der Waals surface area contributed by atoms with Crippen molar-refractivity contribution in [2.75, 3.05) is 18.0 Å². The van der Waals surface area contributed by atoms with Crippen molar-refractivity contribution < 1.29 is 0 Å². The quantitative estimate of drug-likeness (QED) is 0.756. The highest BCUT2D eigenvalue weighted by atomic mass is 35.5. The summed E-state index contributed by atoms with van der Waals surface area (Å²) in [7, 11) is 0. The molecule has 1 aliphatic heterocycles. The molecule has 2 aliphatic rings. The van der Waals surface area contributed by atoms with Gasteiger partial charge in [-0.2, -0.15) is 0 Å². The molecule has 0 unspecified atom stereocenters. The lowest BCUT2D eigenvalue weighted by atomic mass is 10.0. The minimum atomic E-state index is 0.454. The SMILES string of the molecule is Clc1nc(N2CCCCC2)nc(Cl)c1C1CCCC1. The van der Waals surface area contributed by atoms with E-state index in [9.17, 15) is 0 Å². The van der Waals surface area contributed by atoms with E-state index in [1.165, 1.54) is 32.1 Å². The number of rotatable bonds is 2. The van der Waals surface area contributed by atoms with Gasteiger partial charge in [0, 0.05) is 18.7 Å². The Morgan fingerprint density at radius 2 is 1.42 bits per heavy atom. The summed E-state index contributed by atoms with van der Waals surface area (Å²) >= 11 is 12.7. The van der Waals surface area contributed by atoms with Gasteiger partial charge in [-0.25, -0.2) is 9.97 Å². The third kappa shape index (κ3) is 2.82. The van der Waals surface area contributed by atoms with Crippen molar-refractivity contribution in [2.45, 2.75) is 50.9 Å². The van der Waals surface area contributed by atoms with Gasteiger partial charge in [0.15, 0.2) is 0 Å². The Morgan fingerprint density at radius 3 is 2.00 bits per heavy atom. The van der Waals surface area contributed by atoms with Gasteiger partial charge in [0.1, 0.15) is 10.3 Å². The molecule has 0 bridgehead atoms. The zero-order valence-electron chi connectivity index (χ0n) is 11.0. The number of hydrogen-bond donors (Lipinski definition) is 0. The van der Waals surface area contributed by atoms with Crippen molar-refractivity contribution in [1.82, 2.24) is 9.97 Å². The Labute approximate surface area is 124 Å². The van der Waals surface area contributed by atoms with Crippen molar-refractivity contribution in [1.29, 1.82) is 0 Å². The third-order valence-electron chi connectivity index (χ3n) is 4.24. The molecule has 0 amide bonds. The van der Waals surface area contributed by atoms with Crippen LogP contribution in [-0.4, -0.2) is 23.1 Å². The van der Waals surface area contributed by atoms with Crippen LogP contribution in [0.25, 0.3) is 0 Å². The molecule has 2 fully saturated rings. The fourth-order valence-electron chi connectivity index (χ4n) is 3.19. The van der Waals surface area contributed by atoms with Crippen LogP contribution in [0.1, 0.15) is 56.4 Å². The van der Waals surface area contributed by atoms with Crippen LogP contribution < -0.4 is 4.90 Å². The van der Waals surface area contributed by atoms with Gasteiger partial charge in [-0.15, -0.1) is 0 Å². The van der Waals surface area contributed by atoms with E-state index in [2.05, 4.69) is 14.9 Å². The molecule has 1 saturated heterocycles.